The fourth-order valence-corrected chi connectivity index (χ4v) is 4.27. The predicted octanol–water partition coefficient (Wildman–Crippen LogP) is 4.46. The number of nitrogens with one attached hydrogen (secondary N) is 2. The molecule has 0 bridgehead atoms. The lowest BCUT2D eigenvalue weighted by molar-refractivity contribution is 0.122. The van der Waals surface area contributed by atoms with Crippen molar-refractivity contribution in [3.8, 4) is 11.5 Å². The predicted molar refractivity (Wildman–Crippen MR) is 142 cm³/mol. The first-order valence-electron chi connectivity index (χ1n) is 11.1. The number of piperidine rings is 1. The van der Waals surface area contributed by atoms with Gasteiger partial charge in [-0.3, -0.25) is 4.90 Å². The van der Waals surface area contributed by atoms with Gasteiger partial charge in [-0.05, 0) is 74.7 Å². The summed E-state index contributed by atoms with van der Waals surface area (Å²) in [6.07, 6.45) is 2.42. The molecular formula is C25H37IN4O2. The summed E-state index contributed by atoms with van der Waals surface area (Å²) < 4.78 is 10.6. The Hall–Kier alpha value is -2.00. The molecule has 7 heteroatoms. The van der Waals surface area contributed by atoms with Gasteiger partial charge in [0.2, 0.25) is 0 Å². The Morgan fingerprint density at radius 3 is 2.22 bits per heavy atom. The molecule has 0 spiro atoms. The second-order valence-electron chi connectivity index (χ2n) is 8.03. The van der Waals surface area contributed by atoms with Crippen molar-refractivity contribution in [2.45, 2.75) is 32.4 Å². The van der Waals surface area contributed by atoms with Crippen LogP contribution in [0.25, 0.3) is 0 Å². The van der Waals surface area contributed by atoms with Crippen molar-refractivity contribution in [1.29, 1.82) is 0 Å². The summed E-state index contributed by atoms with van der Waals surface area (Å²) >= 11 is 0. The summed E-state index contributed by atoms with van der Waals surface area (Å²) in [6, 6.07) is 17.0. The summed E-state index contributed by atoms with van der Waals surface area (Å²) in [5.41, 5.74) is 2.50. The van der Waals surface area contributed by atoms with Crippen molar-refractivity contribution in [1.82, 2.24) is 15.5 Å². The molecule has 1 aliphatic heterocycles. The SMILES string of the molecule is CCNC(=NCc1ccc(OC)cc1)NCC1CCCN(C)C1c1ccc(OC)cc1.I. The fourth-order valence-electron chi connectivity index (χ4n) is 4.27. The van der Waals surface area contributed by atoms with Crippen molar-refractivity contribution in [2.24, 2.45) is 10.9 Å². The summed E-state index contributed by atoms with van der Waals surface area (Å²) in [6.45, 7) is 5.57. The molecule has 2 unspecified atom stereocenters. The summed E-state index contributed by atoms with van der Waals surface area (Å²) in [4.78, 5) is 7.26. The first-order chi connectivity index (χ1) is 15.1. The molecule has 0 aliphatic carbocycles. The minimum absolute atomic E-state index is 0. The van der Waals surface area contributed by atoms with E-state index in [1.807, 2.05) is 12.1 Å². The monoisotopic (exact) mass is 552 g/mol. The molecule has 3 rings (SSSR count). The quantitative estimate of drug-likeness (QED) is 0.288. The van der Waals surface area contributed by atoms with Gasteiger partial charge >= 0.3 is 0 Å². The van der Waals surface area contributed by atoms with Crippen LogP contribution in [0.3, 0.4) is 0 Å². The van der Waals surface area contributed by atoms with E-state index in [0.29, 0.717) is 18.5 Å². The van der Waals surface area contributed by atoms with Crippen molar-refractivity contribution in [3.63, 3.8) is 0 Å². The lowest BCUT2D eigenvalue weighted by atomic mass is 9.85. The number of hydrogen-bond donors (Lipinski definition) is 2. The highest BCUT2D eigenvalue weighted by Gasteiger charge is 2.30. The number of ether oxygens (including phenoxy) is 2. The van der Waals surface area contributed by atoms with E-state index in [1.165, 1.54) is 18.4 Å². The Morgan fingerprint density at radius 1 is 1.00 bits per heavy atom. The number of nitrogens with zero attached hydrogens (tertiary/aromatic N) is 2. The molecule has 0 aromatic heterocycles. The number of benzene rings is 2. The molecule has 1 aliphatic rings. The van der Waals surface area contributed by atoms with Gasteiger partial charge in [-0.1, -0.05) is 24.3 Å². The van der Waals surface area contributed by atoms with Crippen LogP contribution in [-0.2, 0) is 6.54 Å². The zero-order chi connectivity index (χ0) is 22.1. The summed E-state index contributed by atoms with van der Waals surface area (Å²) in [7, 11) is 5.62. The smallest absolute Gasteiger partial charge is 0.191 e. The molecule has 2 N–H and O–H groups in total. The highest BCUT2D eigenvalue weighted by Crippen LogP contribution is 2.35. The van der Waals surface area contributed by atoms with E-state index in [-0.39, 0.29) is 24.0 Å². The van der Waals surface area contributed by atoms with Crippen molar-refractivity contribution in [3.05, 3.63) is 59.7 Å². The van der Waals surface area contributed by atoms with E-state index in [4.69, 9.17) is 14.5 Å². The van der Waals surface area contributed by atoms with Crippen molar-refractivity contribution >= 4 is 29.9 Å². The maximum absolute atomic E-state index is 5.34. The van der Waals surface area contributed by atoms with Crippen LogP contribution < -0.4 is 20.1 Å². The molecule has 0 amide bonds. The Labute approximate surface area is 209 Å². The van der Waals surface area contributed by atoms with Crippen LogP contribution in [0.2, 0.25) is 0 Å². The van der Waals surface area contributed by atoms with Gasteiger partial charge in [0.25, 0.3) is 0 Å². The minimum atomic E-state index is 0. The molecule has 2 atom stereocenters. The van der Waals surface area contributed by atoms with E-state index < -0.39 is 0 Å². The molecule has 1 saturated heterocycles. The number of methoxy groups -OCH3 is 2. The third kappa shape index (κ3) is 7.27. The average Bonchev–Trinajstić information content (AvgIpc) is 2.81. The summed E-state index contributed by atoms with van der Waals surface area (Å²) in [5, 5.41) is 6.97. The van der Waals surface area contributed by atoms with E-state index >= 15 is 0 Å². The number of aliphatic imine (C=N–C) groups is 1. The third-order valence-electron chi connectivity index (χ3n) is 5.92. The molecule has 1 heterocycles. The Bertz CT molecular complexity index is 827. The van der Waals surface area contributed by atoms with E-state index in [0.717, 1.165) is 42.7 Å². The van der Waals surface area contributed by atoms with E-state index in [1.54, 1.807) is 14.2 Å². The molecule has 0 saturated carbocycles. The topological polar surface area (TPSA) is 58.1 Å². The first kappa shape index (κ1) is 26.3. The normalized spacial score (nSPS) is 19.1. The van der Waals surface area contributed by atoms with E-state index in [2.05, 4.69) is 65.9 Å². The number of likely N-dealkylation sites (tertiary alicyclic amines) is 1. The highest BCUT2D eigenvalue weighted by atomic mass is 127. The van der Waals surface area contributed by atoms with Gasteiger partial charge in [0.05, 0.1) is 20.8 Å². The van der Waals surface area contributed by atoms with Crippen LogP contribution in [0, 0.1) is 5.92 Å². The molecule has 176 valence electrons. The largest absolute Gasteiger partial charge is 0.497 e. The van der Waals surface area contributed by atoms with Crippen LogP contribution >= 0.6 is 24.0 Å². The lowest BCUT2D eigenvalue weighted by Gasteiger charge is -2.40. The third-order valence-corrected chi connectivity index (χ3v) is 5.92. The van der Waals surface area contributed by atoms with Crippen molar-refractivity contribution in [2.75, 3.05) is 40.9 Å². The van der Waals surface area contributed by atoms with Gasteiger partial charge in [0, 0.05) is 19.1 Å². The number of halogens is 1. The first-order valence-corrected chi connectivity index (χ1v) is 11.1. The Balaban J connectivity index is 0.00000363. The van der Waals surface area contributed by atoms with Gasteiger partial charge in [0.1, 0.15) is 11.5 Å². The number of guanidine groups is 1. The maximum Gasteiger partial charge on any atom is 0.191 e. The van der Waals surface area contributed by atoms with Crippen molar-refractivity contribution < 1.29 is 9.47 Å². The second kappa shape index (κ2) is 13.5. The van der Waals surface area contributed by atoms with Gasteiger partial charge in [-0.15, -0.1) is 24.0 Å². The van der Waals surface area contributed by atoms with Crippen LogP contribution in [0.4, 0.5) is 0 Å². The Morgan fingerprint density at radius 2 is 1.62 bits per heavy atom. The van der Waals surface area contributed by atoms with Gasteiger partial charge in [0.15, 0.2) is 5.96 Å². The van der Waals surface area contributed by atoms with Crippen LogP contribution in [-0.4, -0.2) is 51.8 Å². The molecule has 2 aromatic carbocycles. The average molecular weight is 553 g/mol. The van der Waals surface area contributed by atoms with Crippen LogP contribution in [0.15, 0.2) is 53.5 Å². The molecule has 6 nitrogen and oxygen atoms in total. The molecule has 0 radical (unpaired) electrons. The Kier molecular flexibility index (Phi) is 11.1. The highest BCUT2D eigenvalue weighted by molar-refractivity contribution is 14.0. The number of rotatable bonds is 8. The van der Waals surface area contributed by atoms with Gasteiger partial charge < -0.3 is 20.1 Å². The van der Waals surface area contributed by atoms with Crippen LogP contribution in [0.5, 0.6) is 11.5 Å². The zero-order valence-electron chi connectivity index (χ0n) is 19.6. The molecular weight excluding hydrogens is 515 g/mol. The molecule has 32 heavy (non-hydrogen) atoms. The zero-order valence-corrected chi connectivity index (χ0v) is 22.0. The summed E-state index contributed by atoms with van der Waals surface area (Å²) in [5.74, 6) is 3.14. The second-order valence-corrected chi connectivity index (χ2v) is 8.03. The van der Waals surface area contributed by atoms with Gasteiger partial charge in [-0.25, -0.2) is 4.99 Å². The van der Waals surface area contributed by atoms with Crippen LogP contribution in [0.1, 0.15) is 36.9 Å². The molecule has 1 fully saturated rings. The standard InChI is InChI=1S/C25H36N4O2.HI/c1-5-26-25(27-17-19-8-12-22(30-3)13-9-19)28-18-21-7-6-16-29(2)24(21)20-10-14-23(31-4)15-11-20;/h8-15,21,24H,5-7,16-18H2,1-4H3,(H2,26,27,28);1H. The van der Waals surface area contributed by atoms with Gasteiger partial charge in [-0.2, -0.15) is 0 Å². The van der Waals surface area contributed by atoms with E-state index in [9.17, 15) is 0 Å². The molecule has 2 aromatic rings. The lowest BCUT2D eigenvalue weighted by Crippen LogP contribution is -2.45. The fraction of sp³-hybridized carbons (Fsp3) is 0.480. The minimum Gasteiger partial charge on any atom is -0.497 e. The number of hydrogen-bond acceptors (Lipinski definition) is 4. The maximum atomic E-state index is 5.34.